The maximum Gasteiger partial charge on any atom is 0.0658 e. The lowest BCUT2D eigenvalue weighted by Crippen LogP contribution is -1.88. The van der Waals surface area contributed by atoms with Gasteiger partial charge in [-0.2, -0.15) is 0 Å². The van der Waals surface area contributed by atoms with Gasteiger partial charge in [0.15, 0.2) is 0 Å². The van der Waals surface area contributed by atoms with Crippen LogP contribution in [0.4, 0.5) is 0 Å². The Hall–Kier alpha value is -2.94. The Kier molecular flexibility index (Phi) is 20.4. The molecule has 0 radical (unpaired) electrons. The van der Waals surface area contributed by atoms with Crippen molar-refractivity contribution in [2.75, 3.05) is 0 Å². The molecule has 4 aliphatic rings. The van der Waals surface area contributed by atoms with Crippen LogP contribution < -0.4 is 0 Å². The number of aliphatic imine (C=N–C) groups is 2. The van der Waals surface area contributed by atoms with Crippen LogP contribution in [0.5, 0.6) is 0 Å². The van der Waals surface area contributed by atoms with Crippen LogP contribution in [-0.4, -0.2) is 16.4 Å². The fraction of sp³-hybridized carbons (Fsp3) is 0.400. The van der Waals surface area contributed by atoms with E-state index in [1.807, 2.05) is 0 Å². The van der Waals surface area contributed by atoms with E-state index in [1.165, 1.54) is 16.9 Å². The number of fused-ring (bicyclic) bond motifs is 6. The molecule has 1 aliphatic carbocycles. The molecule has 0 fully saturated rings. The predicted molar refractivity (Wildman–Crippen MR) is 160 cm³/mol. The third kappa shape index (κ3) is 8.84. The average Bonchev–Trinajstić information content (AvgIpc) is 3.32. The van der Waals surface area contributed by atoms with Gasteiger partial charge < -0.3 is 4.98 Å². The minimum Gasteiger partial charge on any atom is -0.355 e. The number of aromatic amines is 1. The van der Waals surface area contributed by atoms with Crippen LogP contribution in [-0.2, 0) is 0 Å². The topological polar surface area (TPSA) is 40.5 Å². The van der Waals surface area contributed by atoms with Crippen molar-refractivity contribution in [3.63, 3.8) is 0 Å². The molecule has 0 saturated carbocycles. The molecule has 1 aromatic rings. The quantitative estimate of drug-likeness (QED) is 0.404. The fourth-order valence-electron chi connectivity index (χ4n) is 3.42. The maximum absolute atomic E-state index is 4.77. The minimum absolute atomic E-state index is 0. The number of hydrogen-bond donors (Lipinski definition) is 1. The van der Waals surface area contributed by atoms with Crippen LogP contribution in [0.1, 0.15) is 97.5 Å². The van der Waals surface area contributed by atoms with Crippen molar-refractivity contribution in [3.8, 4) is 0 Å². The van der Waals surface area contributed by atoms with Gasteiger partial charge in [-0.15, -0.1) is 0 Å². The molecular formula is C30H53N3. The first-order chi connectivity index (χ1) is 11.8. The summed E-state index contributed by atoms with van der Waals surface area (Å²) in [6.45, 7) is 0. The van der Waals surface area contributed by atoms with E-state index in [2.05, 4.69) is 70.7 Å². The van der Waals surface area contributed by atoms with Gasteiger partial charge in [-0.25, -0.2) is 4.99 Å². The molecule has 1 aromatic heterocycles. The van der Waals surface area contributed by atoms with E-state index in [1.54, 1.807) is 0 Å². The summed E-state index contributed by atoms with van der Waals surface area (Å²) in [5.41, 5.74) is 9.11. The van der Waals surface area contributed by atoms with Crippen molar-refractivity contribution in [3.05, 3.63) is 82.5 Å². The monoisotopic (exact) mass is 455 g/mol. The maximum atomic E-state index is 4.77. The lowest BCUT2D eigenvalue weighted by atomic mass is 10.1. The number of allylic oxidation sites excluding steroid dienone is 9. The molecule has 3 heteroatoms. The van der Waals surface area contributed by atoms with Gasteiger partial charge in [-0.05, 0) is 79.0 Å². The molecule has 0 spiro atoms. The van der Waals surface area contributed by atoms with Crippen LogP contribution in [0, 0.1) is 0 Å². The zero-order chi connectivity index (χ0) is 15.9. The summed E-state index contributed by atoms with van der Waals surface area (Å²) >= 11 is 0. The van der Waals surface area contributed by atoms with Gasteiger partial charge in [-0.1, -0.05) is 79.0 Å². The van der Waals surface area contributed by atoms with Gasteiger partial charge in [0.25, 0.3) is 0 Å². The van der Waals surface area contributed by atoms with Crippen LogP contribution >= 0.6 is 0 Å². The molecule has 3 aliphatic heterocycles. The normalized spacial score (nSPS) is 15.4. The van der Waals surface area contributed by atoms with Gasteiger partial charge >= 0.3 is 0 Å². The molecule has 0 amide bonds. The number of nitrogens with zero attached hydrogens (tertiary/aromatic N) is 2. The summed E-state index contributed by atoms with van der Waals surface area (Å²) in [5.74, 6) is 0. The summed E-state index contributed by atoms with van der Waals surface area (Å²) in [5, 5.41) is 0. The molecular weight excluding hydrogens is 402 g/mol. The first-order valence-electron chi connectivity index (χ1n) is 8.35. The summed E-state index contributed by atoms with van der Waals surface area (Å²) in [7, 11) is 0. The summed E-state index contributed by atoms with van der Waals surface area (Å²) in [4.78, 5) is 12.9. The highest BCUT2D eigenvalue weighted by molar-refractivity contribution is 6.08. The predicted octanol–water partition coefficient (Wildman–Crippen LogP) is 10.5. The minimum atomic E-state index is 0. The van der Waals surface area contributed by atoms with E-state index in [0.29, 0.717) is 0 Å². The molecule has 188 valence electrons. The molecule has 3 nitrogen and oxygen atoms in total. The van der Waals surface area contributed by atoms with E-state index < -0.39 is 0 Å². The third-order valence-corrected chi connectivity index (χ3v) is 4.57. The zero-order valence-corrected chi connectivity index (χ0v) is 13.3. The van der Waals surface area contributed by atoms with Crippen molar-refractivity contribution in [1.29, 1.82) is 0 Å². The highest BCUT2D eigenvalue weighted by Crippen LogP contribution is 2.27. The van der Waals surface area contributed by atoms with Crippen LogP contribution in [0.15, 0.2) is 81.1 Å². The van der Waals surface area contributed by atoms with E-state index in [4.69, 9.17) is 4.99 Å². The Labute approximate surface area is 207 Å². The van der Waals surface area contributed by atoms with Crippen molar-refractivity contribution >= 4 is 23.6 Å². The van der Waals surface area contributed by atoms with E-state index in [-0.39, 0.29) is 66.8 Å². The SMILES string of the molecule is C.C.C.C.C.C.C.C.C.C1=CC2=Cc3ccc([nH]3)C=C3C=CC(=N3)C=C3CCC(=N3)C=C1C2. The lowest BCUT2D eigenvalue weighted by Gasteiger charge is -1.97. The zero-order valence-electron chi connectivity index (χ0n) is 13.3. The highest BCUT2D eigenvalue weighted by Gasteiger charge is 2.14. The summed E-state index contributed by atoms with van der Waals surface area (Å²) in [6.07, 6.45) is 20.1. The fourth-order valence-corrected chi connectivity index (χ4v) is 3.42. The first-order valence-corrected chi connectivity index (χ1v) is 8.35. The van der Waals surface area contributed by atoms with Gasteiger partial charge in [0.2, 0.25) is 0 Å². The number of H-pyrrole nitrogens is 1. The molecule has 4 heterocycles. The lowest BCUT2D eigenvalue weighted by molar-refractivity contribution is 1.07. The molecule has 5 rings (SSSR count). The average molecular weight is 456 g/mol. The van der Waals surface area contributed by atoms with E-state index in [9.17, 15) is 0 Å². The largest absolute Gasteiger partial charge is 0.355 e. The second-order valence-corrected chi connectivity index (χ2v) is 6.50. The van der Waals surface area contributed by atoms with E-state index in [0.717, 1.165) is 47.8 Å². The van der Waals surface area contributed by atoms with Crippen LogP contribution in [0.2, 0.25) is 0 Å². The van der Waals surface area contributed by atoms with Crippen molar-refractivity contribution in [1.82, 2.24) is 4.98 Å². The molecule has 33 heavy (non-hydrogen) atoms. The summed E-state index contributed by atoms with van der Waals surface area (Å²) < 4.78 is 0. The van der Waals surface area contributed by atoms with Crippen LogP contribution in [0.3, 0.4) is 0 Å². The smallest absolute Gasteiger partial charge is 0.0658 e. The van der Waals surface area contributed by atoms with Gasteiger partial charge in [-0.3, -0.25) is 4.99 Å². The van der Waals surface area contributed by atoms with Crippen molar-refractivity contribution in [2.45, 2.75) is 86.1 Å². The molecule has 0 saturated heterocycles. The third-order valence-electron chi connectivity index (χ3n) is 4.57. The van der Waals surface area contributed by atoms with Crippen LogP contribution in [0.25, 0.3) is 12.2 Å². The Morgan fingerprint density at radius 2 is 1.18 bits per heavy atom. The molecule has 8 bridgehead atoms. The Balaban J connectivity index is -0.000000290. The Morgan fingerprint density at radius 1 is 0.576 bits per heavy atom. The number of hydrogen-bond acceptors (Lipinski definition) is 2. The van der Waals surface area contributed by atoms with Gasteiger partial charge in [0.05, 0.1) is 11.4 Å². The van der Waals surface area contributed by atoms with E-state index >= 15 is 0 Å². The molecule has 1 N–H and O–H groups in total. The standard InChI is InChI=1S/C21H17N3.9CH4/c1-2-15-9-14(1)10-16-3-5-18(22-16)12-20-7-8-21(24-20)13-19-6-4-17(11-15)23-19;;;;;;;;;/h1-3,5,7-8,10-13,22H,4,6,9H2;9*1H4. The molecule has 0 unspecified atom stereocenters. The van der Waals surface area contributed by atoms with Crippen molar-refractivity contribution < 1.29 is 0 Å². The van der Waals surface area contributed by atoms with Gasteiger partial charge in [0, 0.05) is 22.8 Å². The summed E-state index contributed by atoms with van der Waals surface area (Å²) in [6, 6.07) is 4.21. The van der Waals surface area contributed by atoms with Crippen molar-refractivity contribution in [2.24, 2.45) is 9.98 Å². The second-order valence-electron chi connectivity index (χ2n) is 6.50. The Morgan fingerprint density at radius 3 is 1.85 bits per heavy atom. The molecule has 0 aromatic carbocycles. The number of nitrogens with one attached hydrogen (secondary N) is 1. The Bertz CT molecular complexity index is 970. The number of rotatable bonds is 0. The first kappa shape index (κ1) is 40.4. The number of aromatic nitrogens is 1. The van der Waals surface area contributed by atoms with Gasteiger partial charge in [0.1, 0.15) is 0 Å². The molecule has 0 atom stereocenters. The highest BCUT2D eigenvalue weighted by atomic mass is 14.8. The second kappa shape index (κ2) is 16.7.